The van der Waals surface area contributed by atoms with E-state index in [0.29, 0.717) is 17.4 Å². The van der Waals surface area contributed by atoms with Crippen molar-refractivity contribution in [2.75, 3.05) is 11.9 Å². The van der Waals surface area contributed by atoms with E-state index in [9.17, 15) is 0 Å². The maximum atomic E-state index is 5.84. The van der Waals surface area contributed by atoms with Gasteiger partial charge in [0.05, 0.1) is 16.9 Å². The number of pyridine rings is 2. The molecule has 2 rings (SSSR count). The second-order valence-electron chi connectivity index (χ2n) is 4.09. The van der Waals surface area contributed by atoms with Crippen LogP contribution in [0, 0.1) is 0 Å². The van der Waals surface area contributed by atoms with Gasteiger partial charge in [-0.15, -0.1) is 0 Å². The van der Waals surface area contributed by atoms with Crippen LogP contribution in [-0.4, -0.2) is 16.5 Å². The zero-order chi connectivity index (χ0) is 13.5. The summed E-state index contributed by atoms with van der Waals surface area (Å²) in [4.78, 5) is 8.23. The van der Waals surface area contributed by atoms with Crippen LogP contribution in [0.1, 0.15) is 19.0 Å². The number of nitrogens with one attached hydrogen (secondary N) is 1. The summed E-state index contributed by atoms with van der Waals surface area (Å²) in [5.74, 6) is 0.640. The Morgan fingerprint density at radius 2 is 2.21 bits per heavy atom. The normalized spacial score (nSPS) is 10.2. The Bertz CT molecular complexity index is 534. The lowest BCUT2D eigenvalue weighted by molar-refractivity contribution is 0.300. The molecule has 0 fully saturated rings. The Morgan fingerprint density at radius 3 is 3.00 bits per heavy atom. The molecular weight excluding hydrogens is 262 g/mol. The van der Waals surface area contributed by atoms with Gasteiger partial charge in [-0.05, 0) is 18.6 Å². The molecule has 19 heavy (non-hydrogen) atoms. The second kappa shape index (κ2) is 6.95. The molecule has 0 saturated heterocycles. The standard InChI is InChI=1S/C14H16ClN3O/c1-2-4-17-12-3-5-18-13(7-12)10-19-14-6-11(15)8-16-9-14/h3,5-9H,2,4,10H2,1H3,(H,17,18). The smallest absolute Gasteiger partial charge is 0.139 e. The fourth-order valence-corrected chi connectivity index (χ4v) is 1.73. The molecule has 0 saturated carbocycles. The summed E-state index contributed by atoms with van der Waals surface area (Å²) in [6, 6.07) is 5.65. The minimum Gasteiger partial charge on any atom is -0.486 e. The quantitative estimate of drug-likeness (QED) is 0.877. The highest BCUT2D eigenvalue weighted by Gasteiger charge is 2.00. The summed E-state index contributed by atoms with van der Waals surface area (Å²) in [6.45, 7) is 3.47. The van der Waals surface area contributed by atoms with Gasteiger partial charge in [-0.25, -0.2) is 0 Å². The van der Waals surface area contributed by atoms with Gasteiger partial charge in [0.1, 0.15) is 12.4 Å². The first-order valence-corrected chi connectivity index (χ1v) is 6.58. The molecule has 1 N–H and O–H groups in total. The summed E-state index contributed by atoms with van der Waals surface area (Å²) in [6.07, 6.45) is 6.06. The van der Waals surface area contributed by atoms with Crippen LogP contribution >= 0.6 is 11.6 Å². The van der Waals surface area contributed by atoms with Crippen LogP contribution in [0.25, 0.3) is 0 Å². The van der Waals surface area contributed by atoms with Crippen LogP contribution in [0.2, 0.25) is 5.02 Å². The molecule has 0 aliphatic rings. The van der Waals surface area contributed by atoms with E-state index in [1.54, 1.807) is 24.7 Å². The Morgan fingerprint density at radius 1 is 1.32 bits per heavy atom. The van der Waals surface area contributed by atoms with Gasteiger partial charge in [-0.1, -0.05) is 18.5 Å². The lowest BCUT2D eigenvalue weighted by Crippen LogP contribution is -2.03. The number of rotatable bonds is 6. The van der Waals surface area contributed by atoms with E-state index >= 15 is 0 Å². The Hall–Kier alpha value is -1.81. The SMILES string of the molecule is CCCNc1ccnc(COc2cncc(Cl)c2)c1. The van der Waals surface area contributed by atoms with Crippen molar-refractivity contribution in [2.45, 2.75) is 20.0 Å². The maximum absolute atomic E-state index is 5.84. The van der Waals surface area contributed by atoms with E-state index in [1.165, 1.54) is 0 Å². The van der Waals surface area contributed by atoms with Gasteiger partial charge < -0.3 is 10.1 Å². The molecular formula is C14H16ClN3O. The van der Waals surface area contributed by atoms with Crippen molar-refractivity contribution in [3.8, 4) is 5.75 Å². The molecule has 0 spiro atoms. The van der Waals surface area contributed by atoms with Crippen molar-refractivity contribution in [3.63, 3.8) is 0 Å². The number of hydrogen-bond acceptors (Lipinski definition) is 4. The molecule has 0 aliphatic carbocycles. The number of halogens is 1. The Kier molecular flexibility index (Phi) is 4.98. The van der Waals surface area contributed by atoms with Gasteiger partial charge in [0.25, 0.3) is 0 Å². The van der Waals surface area contributed by atoms with Crippen molar-refractivity contribution in [1.29, 1.82) is 0 Å². The van der Waals surface area contributed by atoms with E-state index in [0.717, 1.165) is 24.3 Å². The van der Waals surface area contributed by atoms with Crippen molar-refractivity contribution in [1.82, 2.24) is 9.97 Å². The van der Waals surface area contributed by atoms with Crippen LogP contribution in [0.15, 0.2) is 36.8 Å². The van der Waals surface area contributed by atoms with Crippen molar-refractivity contribution >= 4 is 17.3 Å². The fraction of sp³-hybridized carbons (Fsp3) is 0.286. The van der Waals surface area contributed by atoms with Crippen molar-refractivity contribution in [2.24, 2.45) is 0 Å². The minimum atomic E-state index is 0.393. The largest absolute Gasteiger partial charge is 0.486 e. The summed E-state index contributed by atoms with van der Waals surface area (Å²) in [5.41, 5.74) is 1.92. The van der Waals surface area contributed by atoms with Gasteiger partial charge in [-0.2, -0.15) is 0 Å². The third kappa shape index (κ3) is 4.41. The molecule has 2 aromatic rings. The fourth-order valence-electron chi connectivity index (χ4n) is 1.56. The monoisotopic (exact) mass is 277 g/mol. The number of hydrogen-bond donors (Lipinski definition) is 1. The van der Waals surface area contributed by atoms with Crippen LogP contribution in [0.5, 0.6) is 5.75 Å². The molecule has 0 aliphatic heterocycles. The van der Waals surface area contributed by atoms with Crippen LogP contribution in [-0.2, 0) is 6.61 Å². The molecule has 0 bridgehead atoms. The number of anilines is 1. The summed E-state index contributed by atoms with van der Waals surface area (Å²) in [5, 5.41) is 3.87. The predicted octanol–water partition coefficient (Wildman–Crippen LogP) is 3.53. The number of aromatic nitrogens is 2. The molecule has 0 aromatic carbocycles. The molecule has 2 heterocycles. The zero-order valence-corrected chi connectivity index (χ0v) is 11.5. The van der Waals surface area contributed by atoms with Gasteiger partial charge in [0, 0.05) is 30.7 Å². The van der Waals surface area contributed by atoms with Gasteiger partial charge in [-0.3, -0.25) is 9.97 Å². The lowest BCUT2D eigenvalue weighted by atomic mass is 10.3. The number of ether oxygens (including phenoxy) is 1. The van der Waals surface area contributed by atoms with Gasteiger partial charge in [0.15, 0.2) is 0 Å². The maximum Gasteiger partial charge on any atom is 0.139 e. The first-order chi connectivity index (χ1) is 9.28. The molecule has 0 unspecified atom stereocenters. The average molecular weight is 278 g/mol. The van der Waals surface area contributed by atoms with E-state index < -0.39 is 0 Å². The van der Waals surface area contributed by atoms with Crippen molar-refractivity contribution in [3.05, 3.63) is 47.5 Å². The summed E-state index contributed by atoms with van der Waals surface area (Å²) < 4.78 is 5.60. The van der Waals surface area contributed by atoms with Gasteiger partial charge in [0.2, 0.25) is 0 Å². The van der Waals surface area contributed by atoms with E-state index in [2.05, 4.69) is 22.2 Å². The molecule has 0 radical (unpaired) electrons. The van der Waals surface area contributed by atoms with Crippen LogP contribution in [0.3, 0.4) is 0 Å². The first kappa shape index (κ1) is 13.6. The second-order valence-corrected chi connectivity index (χ2v) is 4.53. The summed E-state index contributed by atoms with van der Waals surface area (Å²) in [7, 11) is 0. The van der Waals surface area contributed by atoms with Gasteiger partial charge >= 0.3 is 0 Å². The zero-order valence-electron chi connectivity index (χ0n) is 10.8. The average Bonchev–Trinajstić information content (AvgIpc) is 2.43. The predicted molar refractivity (Wildman–Crippen MR) is 76.6 cm³/mol. The summed E-state index contributed by atoms with van der Waals surface area (Å²) >= 11 is 5.84. The highest BCUT2D eigenvalue weighted by molar-refractivity contribution is 6.30. The third-order valence-electron chi connectivity index (χ3n) is 2.46. The highest BCUT2D eigenvalue weighted by atomic mass is 35.5. The Balaban J connectivity index is 1.95. The lowest BCUT2D eigenvalue weighted by Gasteiger charge is -2.08. The molecule has 0 amide bonds. The molecule has 100 valence electrons. The third-order valence-corrected chi connectivity index (χ3v) is 2.67. The first-order valence-electron chi connectivity index (χ1n) is 6.20. The molecule has 5 heteroatoms. The molecule has 4 nitrogen and oxygen atoms in total. The minimum absolute atomic E-state index is 0.393. The van der Waals surface area contributed by atoms with E-state index in [1.807, 2.05) is 12.1 Å². The van der Waals surface area contributed by atoms with Crippen LogP contribution < -0.4 is 10.1 Å². The molecule has 2 aromatic heterocycles. The number of nitrogens with zero attached hydrogens (tertiary/aromatic N) is 2. The topological polar surface area (TPSA) is 47.0 Å². The van der Waals surface area contributed by atoms with Crippen molar-refractivity contribution < 1.29 is 4.74 Å². The highest BCUT2D eigenvalue weighted by Crippen LogP contribution is 2.17. The molecule has 0 atom stereocenters. The van der Waals surface area contributed by atoms with Crippen LogP contribution in [0.4, 0.5) is 5.69 Å². The Labute approximate surface area is 117 Å². The van der Waals surface area contributed by atoms with E-state index in [-0.39, 0.29) is 0 Å². The van der Waals surface area contributed by atoms with E-state index in [4.69, 9.17) is 16.3 Å².